The Kier molecular flexibility index (Phi) is 4.19. The second-order valence-corrected chi connectivity index (χ2v) is 4.95. The number of aliphatic hydroxyl groups is 1. The molecule has 0 heterocycles. The lowest BCUT2D eigenvalue weighted by molar-refractivity contribution is 0.131. The maximum Gasteiger partial charge on any atom is 0.123 e. The first-order valence-corrected chi connectivity index (χ1v) is 5.50. The Hall–Kier alpha value is -0.770. The average molecular weight is 244 g/mol. The minimum Gasteiger partial charge on any atom is -0.496 e. The van der Waals surface area contributed by atoms with E-state index in [4.69, 9.17) is 22.1 Å². The van der Waals surface area contributed by atoms with Crippen molar-refractivity contribution in [2.75, 3.05) is 13.7 Å². The highest BCUT2D eigenvalue weighted by Gasteiger charge is 2.29. The van der Waals surface area contributed by atoms with Crippen molar-refractivity contribution in [2.45, 2.75) is 19.9 Å². The van der Waals surface area contributed by atoms with Gasteiger partial charge in [0.15, 0.2) is 0 Å². The summed E-state index contributed by atoms with van der Waals surface area (Å²) in [6.45, 7) is 3.81. The van der Waals surface area contributed by atoms with Crippen LogP contribution in [-0.2, 0) is 0 Å². The number of ether oxygens (including phenoxy) is 1. The zero-order valence-corrected chi connectivity index (χ0v) is 10.6. The lowest BCUT2D eigenvalue weighted by Crippen LogP contribution is -2.32. The standard InChI is InChI=1S/C12H18ClNO2/c1-12(2,7-15)11(14)9-6-8(13)4-5-10(9)16-3/h4-6,11,15H,7,14H2,1-3H3/t11-/m0/s1. The predicted octanol–water partition coefficient (Wildman–Crippen LogP) is 2.37. The monoisotopic (exact) mass is 243 g/mol. The molecule has 0 aromatic heterocycles. The number of rotatable bonds is 4. The number of halogens is 1. The molecule has 0 radical (unpaired) electrons. The molecule has 0 unspecified atom stereocenters. The zero-order valence-electron chi connectivity index (χ0n) is 9.83. The van der Waals surface area contributed by atoms with Gasteiger partial charge in [-0.25, -0.2) is 0 Å². The first kappa shape index (κ1) is 13.3. The molecule has 1 rings (SSSR count). The van der Waals surface area contributed by atoms with Crippen LogP contribution in [0.25, 0.3) is 0 Å². The van der Waals surface area contributed by atoms with E-state index in [1.165, 1.54) is 0 Å². The number of hydrogen-bond acceptors (Lipinski definition) is 3. The Bertz CT molecular complexity index is 366. The SMILES string of the molecule is COc1ccc(Cl)cc1[C@H](N)C(C)(C)CO. The summed E-state index contributed by atoms with van der Waals surface area (Å²) < 4.78 is 5.24. The average Bonchev–Trinajstić information content (AvgIpc) is 2.28. The van der Waals surface area contributed by atoms with Crippen molar-refractivity contribution in [1.82, 2.24) is 0 Å². The van der Waals surface area contributed by atoms with Gasteiger partial charge in [-0.05, 0) is 18.2 Å². The van der Waals surface area contributed by atoms with Gasteiger partial charge in [-0.15, -0.1) is 0 Å². The van der Waals surface area contributed by atoms with E-state index >= 15 is 0 Å². The molecule has 1 aromatic rings. The Morgan fingerprint density at radius 2 is 2.12 bits per heavy atom. The van der Waals surface area contributed by atoms with Gasteiger partial charge in [0.2, 0.25) is 0 Å². The van der Waals surface area contributed by atoms with Gasteiger partial charge >= 0.3 is 0 Å². The summed E-state index contributed by atoms with van der Waals surface area (Å²) in [5.41, 5.74) is 6.53. The molecule has 90 valence electrons. The van der Waals surface area contributed by atoms with E-state index in [1.807, 2.05) is 13.8 Å². The third-order valence-electron chi connectivity index (χ3n) is 2.78. The molecule has 3 N–H and O–H groups in total. The van der Waals surface area contributed by atoms with Crippen molar-refractivity contribution in [3.05, 3.63) is 28.8 Å². The fourth-order valence-electron chi connectivity index (χ4n) is 1.47. The number of methoxy groups -OCH3 is 1. The van der Waals surface area contributed by atoms with E-state index in [0.29, 0.717) is 10.8 Å². The molecular formula is C12H18ClNO2. The van der Waals surface area contributed by atoms with Crippen LogP contribution in [0, 0.1) is 5.41 Å². The Labute approximate surface area is 101 Å². The molecular weight excluding hydrogens is 226 g/mol. The van der Waals surface area contributed by atoms with Crippen LogP contribution in [0.1, 0.15) is 25.5 Å². The lowest BCUT2D eigenvalue weighted by atomic mass is 9.81. The molecule has 4 heteroatoms. The quantitative estimate of drug-likeness (QED) is 0.854. The fourth-order valence-corrected chi connectivity index (χ4v) is 1.65. The van der Waals surface area contributed by atoms with Crippen molar-refractivity contribution in [1.29, 1.82) is 0 Å². The molecule has 0 saturated heterocycles. The summed E-state index contributed by atoms with van der Waals surface area (Å²) in [5.74, 6) is 0.693. The largest absolute Gasteiger partial charge is 0.496 e. The van der Waals surface area contributed by atoms with Gasteiger partial charge in [-0.1, -0.05) is 25.4 Å². The van der Waals surface area contributed by atoms with E-state index in [0.717, 1.165) is 5.56 Å². The first-order chi connectivity index (χ1) is 7.42. The van der Waals surface area contributed by atoms with Gasteiger partial charge in [0.25, 0.3) is 0 Å². The minimum absolute atomic E-state index is 0.00380. The second kappa shape index (κ2) is 5.04. The molecule has 16 heavy (non-hydrogen) atoms. The van der Waals surface area contributed by atoms with Crippen LogP contribution in [0.2, 0.25) is 5.02 Å². The van der Waals surface area contributed by atoms with Crippen LogP contribution in [0.15, 0.2) is 18.2 Å². The normalized spacial score (nSPS) is 13.6. The van der Waals surface area contributed by atoms with Gasteiger partial charge in [-0.3, -0.25) is 0 Å². The Balaban J connectivity index is 3.16. The molecule has 1 aromatic carbocycles. The van der Waals surface area contributed by atoms with Crippen molar-refractivity contribution in [3.8, 4) is 5.75 Å². The summed E-state index contributed by atoms with van der Waals surface area (Å²) in [6, 6.07) is 4.99. The lowest BCUT2D eigenvalue weighted by Gasteiger charge is -2.30. The first-order valence-electron chi connectivity index (χ1n) is 5.12. The molecule has 0 aliphatic heterocycles. The van der Waals surface area contributed by atoms with E-state index in [-0.39, 0.29) is 12.6 Å². The minimum atomic E-state index is -0.419. The van der Waals surface area contributed by atoms with Crippen LogP contribution >= 0.6 is 11.6 Å². The molecule has 0 aliphatic carbocycles. The van der Waals surface area contributed by atoms with E-state index < -0.39 is 5.41 Å². The summed E-state index contributed by atoms with van der Waals surface area (Å²) in [6.07, 6.45) is 0. The summed E-state index contributed by atoms with van der Waals surface area (Å²) in [5, 5.41) is 9.92. The predicted molar refractivity (Wildman–Crippen MR) is 65.8 cm³/mol. The number of hydrogen-bond donors (Lipinski definition) is 2. The summed E-state index contributed by atoms with van der Waals surface area (Å²) in [4.78, 5) is 0. The molecule has 0 saturated carbocycles. The van der Waals surface area contributed by atoms with Crippen LogP contribution in [-0.4, -0.2) is 18.8 Å². The van der Waals surface area contributed by atoms with Gasteiger partial charge < -0.3 is 15.6 Å². The molecule has 0 aliphatic rings. The van der Waals surface area contributed by atoms with Crippen molar-refractivity contribution in [3.63, 3.8) is 0 Å². The molecule has 0 bridgehead atoms. The third kappa shape index (κ3) is 2.67. The Morgan fingerprint density at radius 1 is 1.50 bits per heavy atom. The highest BCUT2D eigenvalue weighted by Crippen LogP contribution is 2.36. The molecule has 0 spiro atoms. The summed E-state index contributed by atoms with van der Waals surface area (Å²) >= 11 is 5.94. The van der Waals surface area contributed by atoms with Crippen molar-refractivity contribution < 1.29 is 9.84 Å². The second-order valence-electron chi connectivity index (χ2n) is 4.51. The van der Waals surface area contributed by atoms with E-state index in [2.05, 4.69) is 0 Å². The van der Waals surface area contributed by atoms with Gasteiger partial charge in [-0.2, -0.15) is 0 Å². The smallest absolute Gasteiger partial charge is 0.123 e. The molecule has 1 atom stereocenters. The maximum absolute atomic E-state index is 9.30. The fraction of sp³-hybridized carbons (Fsp3) is 0.500. The highest BCUT2D eigenvalue weighted by atomic mass is 35.5. The van der Waals surface area contributed by atoms with Crippen LogP contribution in [0.4, 0.5) is 0 Å². The molecule has 3 nitrogen and oxygen atoms in total. The van der Waals surface area contributed by atoms with Gasteiger partial charge in [0.05, 0.1) is 7.11 Å². The van der Waals surface area contributed by atoms with Crippen LogP contribution < -0.4 is 10.5 Å². The van der Waals surface area contributed by atoms with Gasteiger partial charge in [0.1, 0.15) is 5.75 Å². The van der Waals surface area contributed by atoms with Crippen LogP contribution in [0.5, 0.6) is 5.75 Å². The van der Waals surface area contributed by atoms with Crippen LogP contribution in [0.3, 0.4) is 0 Å². The number of benzene rings is 1. The number of nitrogens with two attached hydrogens (primary N) is 1. The highest BCUT2D eigenvalue weighted by molar-refractivity contribution is 6.30. The molecule has 0 amide bonds. The third-order valence-corrected chi connectivity index (χ3v) is 3.01. The molecule has 0 fully saturated rings. The van der Waals surface area contributed by atoms with Crippen molar-refractivity contribution >= 4 is 11.6 Å². The number of aliphatic hydroxyl groups excluding tert-OH is 1. The topological polar surface area (TPSA) is 55.5 Å². The zero-order chi connectivity index (χ0) is 12.3. The maximum atomic E-state index is 9.30. The van der Waals surface area contributed by atoms with E-state index in [9.17, 15) is 5.11 Å². The van der Waals surface area contributed by atoms with Crippen molar-refractivity contribution in [2.24, 2.45) is 11.1 Å². The Morgan fingerprint density at radius 3 is 2.62 bits per heavy atom. The van der Waals surface area contributed by atoms with E-state index in [1.54, 1.807) is 25.3 Å². The van der Waals surface area contributed by atoms with Gasteiger partial charge in [0, 0.05) is 28.6 Å². The summed E-state index contributed by atoms with van der Waals surface area (Å²) in [7, 11) is 1.59.